The molecule has 0 aliphatic rings. The second kappa shape index (κ2) is 5.16. The van der Waals surface area contributed by atoms with E-state index in [9.17, 15) is 5.11 Å². The van der Waals surface area contributed by atoms with E-state index >= 15 is 0 Å². The van der Waals surface area contributed by atoms with Gasteiger partial charge in [-0.15, -0.1) is 0 Å². The van der Waals surface area contributed by atoms with Crippen LogP contribution in [0.4, 0.5) is 0 Å². The third kappa shape index (κ3) is 2.50. The van der Waals surface area contributed by atoms with Gasteiger partial charge in [-0.1, -0.05) is 40.1 Å². The van der Waals surface area contributed by atoms with E-state index in [0.717, 1.165) is 10.0 Å². The second-order valence-corrected chi connectivity index (χ2v) is 4.16. The van der Waals surface area contributed by atoms with Gasteiger partial charge in [0.1, 0.15) is 0 Å². The van der Waals surface area contributed by atoms with Crippen LogP contribution in [0.15, 0.2) is 33.9 Å². The van der Waals surface area contributed by atoms with Crippen molar-refractivity contribution < 1.29 is 5.11 Å². The molecule has 0 saturated carbocycles. The normalized spacial score (nSPS) is 14.1. The molecule has 0 bridgehead atoms. The molecule has 0 aliphatic heterocycles. The summed E-state index contributed by atoms with van der Waals surface area (Å²) < 4.78 is 0.954. The third-order valence-electron chi connectivity index (χ3n) is 2.46. The molecule has 0 saturated heterocycles. The van der Waals surface area contributed by atoms with E-state index in [1.807, 2.05) is 31.2 Å². The Morgan fingerprint density at radius 1 is 1.47 bits per heavy atom. The lowest BCUT2D eigenvalue weighted by Crippen LogP contribution is -2.26. The minimum Gasteiger partial charge on any atom is -0.395 e. The summed E-state index contributed by atoms with van der Waals surface area (Å²) in [6, 6.07) is 7.42. The van der Waals surface area contributed by atoms with Crippen molar-refractivity contribution in [2.75, 3.05) is 6.61 Å². The maximum Gasteiger partial charge on any atom is 0.0965 e. The Morgan fingerprint density at radius 3 is 2.47 bits per heavy atom. The lowest BCUT2D eigenvalue weighted by Gasteiger charge is -2.25. The molecule has 15 heavy (non-hydrogen) atoms. The van der Waals surface area contributed by atoms with Crippen LogP contribution < -0.4 is 0 Å². The van der Waals surface area contributed by atoms with E-state index < -0.39 is 5.54 Å². The molecule has 4 nitrogen and oxygen atoms in total. The zero-order valence-corrected chi connectivity index (χ0v) is 9.98. The Hall–Kier alpha value is -1.03. The highest BCUT2D eigenvalue weighted by Crippen LogP contribution is 2.30. The van der Waals surface area contributed by atoms with Crippen molar-refractivity contribution in [1.29, 1.82) is 0 Å². The van der Waals surface area contributed by atoms with Crippen LogP contribution in [0.3, 0.4) is 0 Å². The summed E-state index contributed by atoms with van der Waals surface area (Å²) in [5, 5.41) is 13.1. The summed E-state index contributed by atoms with van der Waals surface area (Å²) in [5.74, 6) is 0. The number of hydrogen-bond acceptors (Lipinski definition) is 2. The number of aliphatic hydroxyl groups excluding tert-OH is 1. The Labute approximate surface area is 96.7 Å². The fourth-order valence-electron chi connectivity index (χ4n) is 1.41. The minimum atomic E-state index is -0.838. The van der Waals surface area contributed by atoms with Crippen LogP contribution in [0, 0.1) is 0 Å². The van der Waals surface area contributed by atoms with Gasteiger partial charge in [0.05, 0.1) is 12.1 Å². The highest BCUT2D eigenvalue weighted by Gasteiger charge is 2.28. The Balaban J connectivity index is 3.19. The quantitative estimate of drug-likeness (QED) is 0.508. The maximum absolute atomic E-state index is 9.35. The lowest BCUT2D eigenvalue weighted by molar-refractivity contribution is 0.192. The molecule has 1 aromatic carbocycles. The first kappa shape index (κ1) is 12.0. The van der Waals surface area contributed by atoms with E-state index in [1.165, 1.54) is 0 Å². The van der Waals surface area contributed by atoms with E-state index in [2.05, 4.69) is 26.0 Å². The molecular weight excluding hydrogens is 258 g/mol. The molecule has 0 amide bonds. The van der Waals surface area contributed by atoms with Crippen molar-refractivity contribution in [2.24, 2.45) is 5.11 Å². The number of azide groups is 1. The molecule has 80 valence electrons. The van der Waals surface area contributed by atoms with Crippen LogP contribution in [0.25, 0.3) is 10.4 Å². The van der Waals surface area contributed by atoms with E-state index in [0.29, 0.717) is 6.42 Å². The lowest BCUT2D eigenvalue weighted by atomic mass is 9.89. The number of hydrogen-bond donors (Lipinski definition) is 1. The van der Waals surface area contributed by atoms with E-state index in [4.69, 9.17) is 5.53 Å². The minimum absolute atomic E-state index is 0.185. The second-order valence-electron chi connectivity index (χ2n) is 3.24. The van der Waals surface area contributed by atoms with Gasteiger partial charge in [0.2, 0.25) is 0 Å². The molecule has 0 aliphatic carbocycles. The first-order valence-corrected chi connectivity index (χ1v) is 5.41. The third-order valence-corrected chi connectivity index (χ3v) is 2.99. The van der Waals surface area contributed by atoms with E-state index in [-0.39, 0.29) is 6.61 Å². The topological polar surface area (TPSA) is 69.0 Å². The maximum atomic E-state index is 9.35. The van der Waals surface area contributed by atoms with Gasteiger partial charge in [-0.25, -0.2) is 0 Å². The smallest absolute Gasteiger partial charge is 0.0965 e. The molecule has 0 heterocycles. The van der Waals surface area contributed by atoms with Gasteiger partial charge < -0.3 is 5.11 Å². The average molecular weight is 270 g/mol. The highest BCUT2D eigenvalue weighted by atomic mass is 79.9. The van der Waals surface area contributed by atoms with Crippen molar-refractivity contribution in [3.05, 3.63) is 44.7 Å². The van der Waals surface area contributed by atoms with Gasteiger partial charge in [0.15, 0.2) is 0 Å². The van der Waals surface area contributed by atoms with Crippen LogP contribution in [0.1, 0.15) is 18.9 Å². The molecule has 1 atom stereocenters. The van der Waals surface area contributed by atoms with Crippen LogP contribution in [-0.2, 0) is 5.54 Å². The summed E-state index contributed by atoms with van der Waals surface area (Å²) in [7, 11) is 0. The van der Waals surface area contributed by atoms with Crippen molar-refractivity contribution in [3.8, 4) is 0 Å². The first-order valence-electron chi connectivity index (χ1n) is 4.61. The molecule has 0 fully saturated rings. The van der Waals surface area contributed by atoms with Crippen molar-refractivity contribution >= 4 is 15.9 Å². The number of rotatable bonds is 4. The van der Waals surface area contributed by atoms with Crippen molar-refractivity contribution in [2.45, 2.75) is 18.9 Å². The summed E-state index contributed by atoms with van der Waals surface area (Å²) >= 11 is 3.33. The Morgan fingerprint density at radius 2 is 2.07 bits per heavy atom. The molecule has 1 N–H and O–H groups in total. The Kier molecular flexibility index (Phi) is 4.15. The summed E-state index contributed by atoms with van der Waals surface area (Å²) in [6.45, 7) is 1.70. The van der Waals surface area contributed by atoms with Gasteiger partial charge in [-0.2, -0.15) is 0 Å². The molecule has 0 spiro atoms. The SMILES string of the molecule is CCC(CO)(N=[N+]=[N-])c1ccc(Br)cc1. The summed E-state index contributed by atoms with van der Waals surface area (Å²) in [6.07, 6.45) is 0.565. The summed E-state index contributed by atoms with van der Waals surface area (Å²) in [4.78, 5) is 2.80. The zero-order chi connectivity index (χ0) is 11.3. The van der Waals surface area contributed by atoms with Crippen LogP contribution in [-0.4, -0.2) is 11.7 Å². The molecular formula is C10H12BrN3O. The molecule has 1 rings (SSSR count). The van der Waals surface area contributed by atoms with Crippen LogP contribution in [0.5, 0.6) is 0 Å². The fraction of sp³-hybridized carbons (Fsp3) is 0.400. The van der Waals surface area contributed by atoms with Crippen LogP contribution >= 0.6 is 15.9 Å². The molecule has 0 radical (unpaired) electrons. The van der Waals surface area contributed by atoms with Crippen molar-refractivity contribution in [3.63, 3.8) is 0 Å². The summed E-state index contributed by atoms with van der Waals surface area (Å²) in [5.41, 5.74) is 8.51. The fourth-order valence-corrected chi connectivity index (χ4v) is 1.68. The molecule has 1 aromatic rings. The molecule has 1 unspecified atom stereocenters. The van der Waals surface area contributed by atoms with Gasteiger partial charge in [-0.05, 0) is 29.6 Å². The van der Waals surface area contributed by atoms with E-state index in [1.54, 1.807) is 0 Å². The Bertz CT molecular complexity index is 367. The molecule has 5 heteroatoms. The van der Waals surface area contributed by atoms with Gasteiger partial charge in [0.25, 0.3) is 0 Å². The van der Waals surface area contributed by atoms with Gasteiger partial charge in [-0.3, -0.25) is 0 Å². The number of nitrogens with zero attached hydrogens (tertiary/aromatic N) is 3. The number of aliphatic hydroxyl groups is 1. The van der Waals surface area contributed by atoms with Gasteiger partial charge in [0, 0.05) is 9.38 Å². The largest absolute Gasteiger partial charge is 0.395 e. The highest BCUT2D eigenvalue weighted by molar-refractivity contribution is 9.10. The monoisotopic (exact) mass is 269 g/mol. The average Bonchev–Trinajstić information content (AvgIpc) is 2.27. The van der Waals surface area contributed by atoms with Gasteiger partial charge >= 0.3 is 0 Å². The standard InChI is InChI=1S/C10H12BrN3O/c1-2-10(7-15,13-14-12)8-3-5-9(11)6-4-8/h3-6,15H,2,7H2,1H3. The van der Waals surface area contributed by atoms with Crippen molar-refractivity contribution in [1.82, 2.24) is 0 Å². The zero-order valence-electron chi connectivity index (χ0n) is 8.39. The molecule has 0 aromatic heterocycles. The first-order chi connectivity index (χ1) is 7.18. The predicted octanol–water partition coefficient (Wildman–Crippen LogP) is 3.36. The predicted molar refractivity (Wildman–Crippen MR) is 62.3 cm³/mol. The van der Waals surface area contributed by atoms with Crippen LogP contribution in [0.2, 0.25) is 0 Å². The number of benzene rings is 1. The number of halogens is 1.